The van der Waals surface area contributed by atoms with Crippen LogP contribution in [0, 0.1) is 23.8 Å². The van der Waals surface area contributed by atoms with E-state index >= 15 is 0 Å². The van der Waals surface area contributed by atoms with Crippen molar-refractivity contribution in [1.82, 2.24) is 0 Å². The fourth-order valence-corrected chi connectivity index (χ4v) is 10.4. The van der Waals surface area contributed by atoms with Crippen molar-refractivity contribution in [2.24, 2.45) is 0 Å². The second kappa shape index (κ2) is 21.3. The van der Waals surface area contributed by atoms with Crippen molar-refractivity contribution in [3.63, 3.8) is 0 Å². The molecule has 0 spiro atoms. The van der Waals surface area contributed by atoms with Gasteiger partial charge in [0.25, 0.3) is 0 Å². The van der Waals surface area contributed by atoms with Gasteiger partial charge in [0, 0.05) is 62.3 Å². The van der Waals surface area contributed by atoms with Crippen LogP contribution in [0.5, 0.6) is 0 Å². The van der Waals surface area contributed by atoms with E-state index in [-0.39, 0.29) is 56.4 Å². The van der Waals surface area contributed by atoms with Crippen LogP contribution < -0.4 is 21.2 Å². The predicted molar refractivity (Wildman–Crippen MR) is 173 cm³/mol. The summed E-state index contributed by atoms with van der Waals surface area (Å²) in [6.45, 7) is 0. The molecule has 43 heavy (non-hydrogen) atoms. The average molecular weight is 969 g/mol. The van der Waals surface area contributed by atoms with Crippen LogP contribution in [0.25, 0.3) is 0 Å². The molecule has 0 amide bonds. The van der Waals surface area contributed by atoms with Crippen LogP contribution in [0.15, 0.2) is 170 Å². The Balaban J connectivity index is 0.000000332. The monoisotopic (exact) mass is 968 g/mol. The van der Waals surface area contributed by atoms with Crippen LogP contribution in [0.2, 0.25) is 0 Å². The van der Waals surface area contributed by atoms with Crippen molar-refractivity contribution in [3.05, 3.63) is 194 Å². The number of hydrogen-bond acceptors (Lipinski definition) is 0. The molecule has 226 valence electrons. The number of halogens is 2. The third-order valence-electron chi connectivity index (χ3n) is 5.91. The molecule has 0 saturated carbocycles. The molecule has 2 radical (unpaired) electrons. The smallest absolute Gasteiger partial charge is 0.0151 e. The molecule has 6 heteroatoms. The summed E-state index contributed by atoms with van der Waals surface area (Å²) in [6.07, 6.45) is 0. The maximum atomic E-state index is 11.9. The molecule has 0 aliphatic carbocycles. The van der Waals surface area contributed by atoms with Crippen LogP contribution in [0.4, 0.5) is 8.78 Å². The topological polar surface area (TPSA) is 0 Å². The summed E-state index contributed by atoms with van der Waals surface area (Å²) in [4.78, 5) is 0. The van der Waals surface area contributed by atoms with Crippen molar-refractivity contribution in [2.75, 3.05) is 5.90 Å². The van der Waals surface area contributed by atoms with Crippen LogP contribution in [0.1, 0.15) is 0 Å². The Hall–Kier alpha value is -2.48. The van der Waals surface area contributed by atoms with Gasteiger partial charge in [-0.1, -0.05) is 121 Å². The summed E-state index contributed by atoms with van der Waals surface area (Å²) in [6, 6.07) is 61.1. The summed E-state index contributed by atoms with van der Waals surface area (Å²) < 4.78 is 23.8. The van der Waals surface area contributed by atoms with E-state index in [1.54, 1.807) is 0 Å². The number of hydrogen-bond donors (Lipinski definition) is 0. The zero-order chi connectivity index (χ0) is 28.5. The summed E-state index contributed by atoms with van der Waals surface area (Å²) in [7, 11) is -0.817. The van der Waals surface area contributed by atoms with Crippen molar-refractivity contribution in [2.45, 2.75) is 0 Å². The molecule has 0 saturated heterocycles. The van der Waals surface area contributed by atoms with Crippen molar-refractivity contribution >= 4 is 37.1 Å². The molecule has 0 nitrogen and oxygen atoms in total. The van der Waals surface area contributed by atoms with E-state index in [1.807, 2.05) is 0 Å². The van der Waals surface area contributed by atoms with Gasteiger partial charge in [0.1, 0.15) is 0 Å². The predicted octanol–water partition coefficient (Wildman–Crippen LogP) is 8.46. The molecule has 0 aliphatic rings. The minimum Gasteiger partial charge on any atom is -0.236 e. The van der Waals surface area contributed by atoms with Crippen molar-refractivity contribution in [1.29, 1.82) is 0 Å². The zero-order valence-corrected chi connectivity index (χ0v) is 29.2. The second-order valence-corrected chi connectivity index (χ2v) is 13.7. The molecule has 0 heterocycles. The maximum absolute atomic E-state index is 11.9. The van der Waals surface area contributed by atoms with E-state index in [0.717, 1.165) is 0 Å². The average Bonchev–Trinajstić information content (AvgIpc) is 3.05. The second-order valence-electron chi connectivity index (χ2n) is 8.78. The van der Waals surface area contributed by atoms with Gasteiger partial charge in [-0.2, -0.15) is 36.4 Å². The van der Waals surface area contributed by atoms with Crippen LogP contribution >= 0.6 is 15.8 Å². The quantitative estimate of drug-likeness (QED) is 0.0894. The Labute approximate surface area is 288 Å². The third kappa shape index (κ3) is 13.0. The van der Waals surface area contributed by atoms with Crippen molar-refractivity contribution in [3.8, 4) is 0 Å². The molecule has 6 rings (SSSR count). The first-order chi connectivity index (χ1) is 20.2. The third-order valence-corrected chi connectivity index (χ3v) is 11.9. The normalized spacial score (nSPS) is 9.77. The Kier molecular flexibility index (Phi) is 18.1. The van der Waals surface area contributed by atoms with Crippen LogP contribution in [-0.2, 0) is 44.8 Å². The van der Waals surface area contributed by atoms with E-state index < -0.39 is 15.8 Å². The van der Waals surface area contributed by atoms with E-state index in [2.05, 4.69) is 133 Å². The van der Waals surface area contributed by atoms with Gasteiger partial charge in [-0.3, -0.25) is 0 Å². The summed E-state index contributed by atoms with van der Waals surface area (Å²) in [5, 5.41) is 5.83. The van der Waals surface area contributed by atoms with Crippen LogP contribution in [-0.4, -0.2) is 5.90 Å². The standard InChI is InChI=1S/C25H22P2.2C6H4F.2Au/c1-5-13-22(14-6-1)26(23-15-7-2-8-16-23)21-27(24-17-9-3-10-18-24)25-19-11-4-12-20-25;2*7-6-4-2-1-3-5-6;;/h1-20H,21H2;2*2-5H;;/q;2*-1;;. The Morgan fingerprint density at radius 1 is 0.372 bits per heavy atom. The van der Waals surface area contributed by atoms with E-state index in [4.69, 9.17) is 0 Å². The summed E-state index contributed by atoms with van der Waals surface area (Å²) in [5.41, 5.74) is 0. The number of benzene rings is 6. The summed E-state index contributed by atoms with van der Waals surface area (Å²) in [5.74, 6) is 0.754. The largest absolute Gasteiger partial charge is 0.236 e. The van der Waals surface area contributed by atoms with Crippen LogP contribution in [0.3, 0.4) is 0 Å². The minimum absolute atomic E-state index is 0. The molecule has 0 fully saturated rings. The van der Waals surface area contributed by atoms with Gasteiger partial charge in [-0.05, 0) is 37.1 Å². The van der Waals surface area contributed by atoms with Gasteiger partial charge in [0.15, 0.2) is 0 Å². The maximum Gasteiger partial charge on any atom is 0.0151 e. The Morgan fingerprint density at radius 2 is 0.605 bits per heavy atom. The molecule has 6 aromatic carbocycles. The molecule has 0 atom stereocenters. The van der Waals surface area contributed by atoms with Gasteiger partial charge in [0.2, 0.25) is 0 Å². The zero-order valence-electron chi connectivity index (χ0n) is 23.1. The first-order valence-corrected chi connectivity index (χ1v) is 16.2. The molecular weight excluding hydrogens is 938 g/mol. The van der Waals surface area contributed by atoms with E-state index in [0.29, 0.717) is 0 Å². The summed E-state index contributed by atoms with van der Waals surface area (Å²) >= 11 is 0. The number of rotatable bonds is 6. The molecule has 0 aromatic heterocycles. The van der Waals surface area contributed by atoms with Gasteiger partial charge in [-0.25, -0.2) is 8.78 Å². The molecule has 0 aliphatic heterocycles. The molecule has 0 unspecified atom stereocenters. The van der Waals surface area contributed by atoms with Gasteiger partial charge in [0.05, 0.1) is 0 Å². The van der Waals surface area contributed by atoms with Gasteiger partial charge >= 0.3 is 0 Å². The molecule has 6 aromatic rings. The minimum atomic E-state index is -0.409. The molecule has 0 N–H and O–H groups in total. The van der Waals surface area contributed by atoms with E-state index in [9.17, 15) is 8.78 Å². The SMILES string of the molecule is Fc1cc[c-]cc1.Fc1cc[c-]cc1.[Au].[Au].c1ccc(P(CP(c2ccccc2)c2ccccc2)c2ccccc2)cc1. The fourth-order valence-electron chi connectivity index (χ4n) is 3.93. The van der Waals surface area contributed by atoms with Crippen molar-refractivity contribution < 1.29 is 53.5 Å². The van der Waals surface area contributed by atoms with Gasteiger partial charge < -0.3 is 0 Å². The molecule has 0 bridgehead atoms. The van der Waals surface area contributed by atoms with Gasteiger partial charge in [-0.15, -0.1) is 24.3 Å². The van der Waals surface area contributed by atoms with E-state index in [1.165, 1.54) is 75.7 Å². The Bertz CT molecular complexity index is 1310. The first-order valence-electron chi connectivity index (χ1n) is 13.2. The fraction of sp³-hybridized carbons (Fsp3) is 0.0270. The first kappa shape index (κ1) is 36.7. The Morgan fingerprint density at radius 3 is 0.791 bits per heavy atom. The molecular formula is C37H30Au2F2P2-2.